The number of benzene rings is 1. The van der Waals surface area contributed by atoms with Crippen LogP contribution >= 0.6 is 0 Å². The maximum absolute atomic E-state index is 9.31. The quantitative estimate of drug-likeness (QED) is 0.698. The fraction of sp³-hybridized carbons (Fsp3) is 0.214. The number of aromatic hydroxyl groups is 1. The molecule has 0 amide bonds. The van der Waals surface area contributed by atoms with E-state index in [0.29, 0.717) is 13.2 Å². The minimum atomic E-state index is 0. The van der Waals surface area contributed by atoms with Crippen molar-refractivity contribution in [3.8, 4) is 17.2 Å². The van der Waals surface area contributed by atoms with E-state index in [0.717, 1.165) is 11.5 Å². The molecule has 1 heterocycles. The first-order valence-corrected chi connectivity index (χ1v) is 5.73. The summed E-state index contributed by atoms with van der Waals surface area (Å²) in [7, 11) is 1.63. The van der Waals surface area contributed by atoms with E-state index in [-0.39, 0.29) is 18.2 Å². The Labute approximate surface area is 118 Å². The number of pyridine rings is 1. The summed E-state index contributed by atoms with van der Waals surface area (Å²) >= 11 is 0. The summed E-state index contributed by atoms with van der Waals surface area (Å²) in [6.07, 6.45) is 3.55. The van der Waals surface area contributed by atoms with Gasteiger partial charge in [-0.05, 0) is 30.3 Å². The van der Waals surface area contributed by atoms with Gasteiger partial charge in [-0.2, -0.15) is 4.57 Å². The summed E-state index contributed by atoms with van der Waals surface area (Å²) in [4.78, 5) is 0. The molecule has 0 fully saturated rings. The largest absolute Gasteiger partial charge is 1.00 e. The van der Waals surface area contributed by atoms with Gasteiger partial charge in [-0.25, -0.2) is 0 Å². The molecule has 0 aliphatic rings. The van der Waals surface area contributed by atoms with Crippen LogP contribution in [0.25, 0.3) is 0 Å². The molecule has 0 aliphatic carbocycles. The van der Waals surface area contributed by atoms with Crippen LogP contribution < -0.4 is 26.4 Å². The van der Waals surface area contributed by atoms with Crippen molar-refractivity contribution in [3.05, 3.63) is 48.8 Å². The van der Waals surface area contributed by atoms with Gasteiger partial charge in [0.15, 0.2) is 18.5 Å². The molecular weight excluding hydrogens is 266 g/mol. The van der Waals surface area contributed by atoms with E-state index < -0.39 is 0 Å². The molecule has 0 radical (unpaired) electrons. The van der Waals surface area contributed by atoms with Crippen LogP contribution in [0.15, 0.2) is 48.8 Å². The minimum Gasteiger partial charge on any atom is -1.00 e. The molecule has 1 aromatic heterocycles. The Bertz CT molecular complexity index is 502. The van der Waals surface area contributed by atoms with Crippen LogP contribution in [-0.2, 0) is 6.54 Å². The number of halogens is 1. The van der Waals surface area contributed by atoms with Gasteiger partial charge in [0.1, 0.15) is 18.1 Å². The second kappa shape index (κ2) is 7.48. The Morgan fingerprint density at radius 1 is 1.11 bits per heavy atom. The van der Waals surface area contributed by atoms with Crippen molar-refractivity contribution in [3.63, 3.8) is 0 Å². The molecule has 2 aromatic rings. The molecular formula is C14H16ClNO3. The summed E-state index contributed by atoms with van der Waals surface area (Å²) in [5.74, 6) is 1.86. The molecule has 0 atom stereocenters. The van der Waals surface area contributed by atoms with Gasteiger partial charge < -0.3 is 27.0 Å². The highest BCUT2D eigenvalue weighted by atomic mass is 35.5. The van der Waals surface area contributed by atoms with E-state index in [2.05, 4.69) is 0 Å². The van der Waals surface area contributed by atoms with E-state index in [9.17, 15) is 5.11 Å². The van der Waals surface area contributed by atoms with Crippen molar-refractivity contribution >= 4 is 0 Å². The molecule has 0 saturated carbocycles. The zero-order valence-corrected chi connectivity index (χ0v) is 11.4. The SMILES string of the molecule is COc1ccc(OCC[n+]2cccc(O)c2)cc1.[Cl-]. The van der Waals surface area contributed by atoms with Crippen LogP contribution in [0.3, 0.4) is 0 Å². The van der Waals surface area contributed by atoms with E-state index in [1.54, 1.807) is 25.4 Å². The van der Waals surface area contributed by atoms with Gasteiger partial charge in [0.25, 0.3) is 0 Å². The normalized spacial score (nSPS) is 9.53. The third kappa shape index (κ3) is 4.67. The average molecular weight is 282 g/mol. The van der Waals surface area contributed by atoms with Crippen LogP contribution in [0.4, 0.5) is 0 Å². The molecule has 1 N–H and O–H groups in total. The van der Waals surface area contributed by atoms with Gasteiger partial charge in [0.2, 0.25) is 6.20 Å². The van der Waals surface area contributed by atoms with Crippen molar-refractivity contribution < 1.29 is 31.6 Å². The fourth-order valence-electron chi connectivity index (χ4n) is 1.59. The smallest absolute Gasteiger partial charge is 0.211 e. The molecule has 0 unspecified atom stereocenters. The second-order valence-electron chi connectivity index (χ2n) is 3.82. The van der Waals surface area contributed by atoms with Crippen molar-refractivity contribution in [2.45, 2.75) is 6.54 Å². The molecule has 1 aromatic carbocycles. The average Bonchev–Trinajstić information content (AvgIpc) is 2.40. The Kier molecular flexibility index (Phi) is 5.96. The van der Waals surface area contributed by atoms with Crippen molar-refractivity contribution in [2.24, 2.45) is 0 Å². The molecule has 5 heteroatoms. The lowest BCUT2D eigenvalue weighted by atomic mass is 10.3. The Hall–Kier alpha value is -1.94. The van der Waals surface area contributed by atoms with E-state index in [1.807, 2.05) is 35.0 Å². The summed E-state index contributed by atoms with van der Waals surface area (Å²) in [5.41, 5.74) is 0. The molecule has 0 bridgehead atoms. The van der Waals surface area contributed by atoms with Crippen LogP contribution in [0.5, 0.6) is 17.2 Å². The molecule has 0 spiro atoms. The highest BCUT2D eigenvalue weighted by Gasteiger charge is 2.02. The van der Waals surface area contributed by atoms with Crippen molar-refractivity contribution in [1.29, 1.82) is 0 Å². The number of nitrogens with zero attached hydrogens (tertiary/aromatic N) is 1. The number of hydrogen-bond acceptors (Lipinski definition) is 3. The number of aromatic nitrogens is 1. The first-order valence-electron chi connectivity index (χ1n) is 5.73. The molecule has 4 nitrogen and oxygen atoms in total. The van der Waals surface area contributed by atoms with Crippen LogP contribution in [0.1, 0.15) is 0 Å². The van der Waals surface area contributed by atoms with E-state index in [4.69, 9.17) is 9.47 Å². The Balaban J connectivity index is 0.00000180. The monoisotopic (exact) mass is 281 g/mol. The van der Waals surface area contributed by atoms with Crippen molar-refractivity contribution in [1.82, 2.24) is 0 Å². The highest BCUT2D eigenvalue weighted by molar-refractivity contribution is 5.31. The lowest BCUT2D eigenvalue weighted by Gasteiger charge is -2.05. The molecule has 2 rings (SSSR count). The van der Waals surface area contributed by atoms with Crippen LogP contribution in [0, 0.1) is 0 Å². The van der Waals surface area contributed by atoms with E-state index >= 15 is 0 Å². The highest BCUT2D eigenvalue weighted by Crippen LogP contribution is 2.16. The third-order valence-corrected chi connectivity index (χ3v) is 2.52. The predicted molar refractivity (Wildman–Crippen MR) is 66.8 cm³/mol. The van der Waals surface area contributed by atoms with Crippen LogP contribution in [-0.4, -0.2) is 18.8 Å². The van der Waals surface area contributed by atoms with Gasteiger partial charge in [0.05, 0.1) is 7.11 Å². The molecule has 0 aliphatic heterocycles. The van der Waals surface area contributed by atoms with Gasteiger partial charge in [-0.1, -0.05) is 0 Å². The fourth-order valence-corrected chi connectivity index (χ4v) is 1.59. The van der Waals surface area contributed by atoms with Crippen molar-refractivity contribution in [2.75, 3.05) is 13.7 Å². The second-order valence-corrected chi connectivity index (χ2v) is 3.82. The number of ether oxygens (including phenoxy) is 2. The zero-order valence-electron chi connectivity index (χ0n) is 10.6. The molecule has 0 saturated heterocycles. The first kappa shape index (κ1) is 15.1. The Morgan fingerprint density at radius 2 is 1.79 bits per heavy atom. The van der Waals surface area contributed by atoms with Gasteiger partial charge >= 0.3 is 0 Å². The molecule has 19 heavy (non-hydrogen) atoms. The summed E-state index contributed by atoms with van der Waals surface area (Å²) in [6, 6.07) is 10.9. The number of methoxy groups -OCH3 is 1. The Morgan fingerprint density at radius 3 is 2.42 bits per heavy atom. The maximum atomic E-state index is 9.31. The summed E-state index contributed by atoms with van der Waals surface area (Å²) < 4.78 is 12.5. The van der Waals surface area contributed by atoms with Gasteiger partial charge in [-0.3, -0.25) is 0 Å². The predicted octanol–water partition coefficient (Wildman–Crippen LogP) is -1.23. The summed E-state index contributed by atoms with van der Waals surface area (Å²) in [6.45, 7) is 1.22. The third-order valence-electron chi connectivity index (χ3n) is 2.52. The maximum Gasteiger partial charge on any atom is 0.211 e. The standard InChI is InChI=1S/C14H15NO3.ClH/c1-17-13-4-6-14(7-5-13)18-10-9-15-8-2-3-12(16)11-15;/h2-8,11H,9-10H2,1H3;1H. The zero-order chi connectivity index (χ0) is 12.8. The first-order chi connectivity index (χ1) is 8.78. The van der Waals surface area contributed by atoms with Gasteiger partial charge in [0, 0.05) is 6.07 Å². The lowest BCUT2D eigenvalue weighted by molar-refractivity contribution is -0.697. The van der Waals surface area contributed by atoms with Gasteiger partial charge in [-0.15, -0.1) is 0 Å². The number of hydrogen-bond donors (Lipinski definition) is 1. The molecule has 102 valence electrons. The van der Waals surface area contributed by atoms with Crippen LogP contribution in [0.2, 0.25) is 0 Å². The number of rotatable bonds is 5. The summed E-state index contributed by atoms with van der Waals surface area (Å²) in [5, 5.41) is 9.31. The topological polar surface area (TPSA) is 42.6 Å². The van der Waals surface area contributed by atoms with E-state index in [1.165, 1.54) is 0 Å². The lowest BCUT2D eigenvalue weighted by Crippen LogP contribution is -3.00. The minimum absolute atomic E-state index is 0.